The average Bonchev–Trinajstić information content (AvgIpc) is 3.40. The van der Waals surface area contributed by atoms with Gasteiger partial charge in [0.1, 0.15) is 0 Å². The van der Waals surface area contributed by atoms with Crippen LogP contribution < -0.4 is 4.90 Å². The first-order chi connectivity index (χ1) is 15.5. The highest BCUT2D eigenvalue weighted by atomic mass is 35.5. The van der Waals surface area contributed by atoms with Crippen molar-refractivity contribution in [1.82, 2.24) is 15.1 Å². The topological polar surface area (TPSA) is 79.5 Å². The molecule has 5 rings (SSSR count). The number of benzene rings is 2. The Kier molecular flexibility index (Phi) is 5.43. The Morgan fingerprint density at radius 2 is 1.84 bits per heavy atom. The second kappa shape index (κ2) is 8.39. The number of carbonyl (C=O) groups is 2. The van der Waals surface area contributed by atoms with Gasteiger partial charge in [-0.25, -0.2) is 0 Å². The molecule has 1 atom stereocenters. The normalized spacial score (nSPS) is 18.2. The molecule has 2 aromatic carbocycles. The smallest absolute Gasteiger partial charge is 0.247 e. The second-order valence-corrected chi connectivity index (χ2v) is 8.88. The number of carbonyl (C=O) groups excluding carboxylic acids is 2. The molecule has 2 fully saturated rings. The van der Waals surface area contributed by atoms with Crippen molar-refractivity contribution < 1.29 is 14.0 Å². The van der Waals surface area contributed by atoms with Crippen LogP contribution in [-0.2, 0) is 16.1 Å². The first-order valence-corrected chi connectivity index (χ1v) is 11.1. The number of nitrogens with zero attached hydrogens (tertiary/aromatic N) is 4. The fourth-order valence-corrected chi connectivity index (χ4v) is 4.15. The molecule has 0 N–H and O–H groups in total. The van der Waals surface area contributed by atoms with Gasteiger partial charge in [0.25, 0.3) is 0 Å². The molecule has 1 saturated heterocycles. The summed E-state index contributed by atoms with van der Waals surface area (Å²) in [6.45, 7) is 2.65. The van der Waals surface area contributed by atoms with Crippen LogP contribution in [0.25, 0.3) is 11.5 Å². The molecule has 3 aromatic rings. The summed E-state index contributed by atoms with van der Waals surface area (Å²) in [5, 5.41) is 8.88. The summed E-state index contributed by atoms with van der Waals surface area (Å²) in [7, 11) is 0. The quantitative estimate of drug-likeness (QED) is 0.561. The predicted octanol–water partition coefficient (Wildman–Crippen LogP) is 4.24. The van der Waals surface area contributed by atoms with Crippen LogP contribution in [0.3, 0.4) is 0 Å². The van der Waals surface area contributed by atoms with E-state index < -0.39 is 0 Å². The zero-order valence-electron chi connectivity index (χ0n) is 17.7. The largest absolute Gasteiger partial charge is 0.419 e. The summed E-state index contributed by atoms with van der Waals surface area (Å²) in [4.78, 5) is 29.5. The van der Waals surface area contributed by atoms with E-state index in [1.165, 1.54) is 0 Å². The van der Waals surface area contributed by atoms with Crippen LogP contribution in [0.5, 0.6) is 0 Å². The minimum absolute atomic E-state index is 0.0224. The van der Waals surface area contributed by atoms with E-state index in [9.17, 15) is 9.59 Å². The van der Waals surface area contributed by atoms with E-state index in [-0.39, 0.29) is 36.7 Å². The molecule has 2 aliphatic rings. The first kappa shape index (κ1) is 20.7. The Morgan fingerprint density at radius 3 is 2.53 bits per heavy atom. The third-order valence-corrected chi connectivity index (χ3v) is 6.21. The lowest BCUT2D eigenvalue weighted by atomic mass is 10.1. The van der Waals surface area contributed by atoms with Crippen LogP contribution in [0.4, 0.5) is 5.69 Å². The fourth-order valence-electron chi connectivity index (χ4n) is 4.03. The SMILES string of the molecule is Cc1ccc(N2CC(C(=O)N(Cc3nnc(-c4ccc(Cl)cc4)o3)C3CC3)CC2=O)cc1. The molecule has 2 heterocycles. The van der Waals surface area contributed by atoms with E-state index in [4.69, 9.17) is 16.0 Å². The number of anilines is 1. The minimum Gasteiger partial charge on any atom is -0.419 e. The van der Waals surface area contributed by atoms with E-state index in [1.54, 1.807) is 21.9 Å². The van der Waals surface area contributed by atoms with Gasteiger partial charge in [0.05, 0.1) is 12.5 Å². The second-order valence-electron chi connectivity index (χ2n) is 8.45. The molecule has 0 bridgehead atoms. The highest BCUT2D eigenvalue weighted by Gasteiger charge is 2.42. The van der Waals surface area contributed by atoms with Gasteiger partial charge >= 0.3 is 0 Å². The summed E-state index contributed by atoms with van der Waals surface area (Å²) in [5.74, 6) is 0.354. The first-order valence-electron chi connectivity index (χ1n) is 10.7. The molecule has 0 radical (unpaired) electrons. The minimum atomic E-state index is -0.372. The number of amides is 2. The summed E-state index contributed by atoms with van der Waals surface area (Å²) in [6.07, 6.45) is 2.12. The highest BCUT2D eigenvalue weighted by Crippen LogP contribution is 2.33. The van der Waals surface area contributed by atoms with Crippen molar-refractivity contribution in [3.05, 3.63) is 65.0 Å². The molecule has 1 unspecified atom stereocenters. The van der Waals surface area contributed by atoms with Gasteiger partial charge in [0.15, 0.2) is 0 Å². The van der Waals surface area contributed by atoms with E-state index in [0.29, 0.717) is 23.3 Å². The molecule has 7 nitrogen and oxygen atoms in total. The van der Waals surface area contributed by atoms with Crippen LogP contribution in [0.2, 0.25) is 5.02 Å². The number of aryl methyl sites for hydroxylation is 1. The number of halogens is 1. The van der Waals surface area contributed by atoms with E-state index in [0.717, 1.165) is 29.7 Å². The lowest BCUT2D eigenvalue weighted by Crippen LogP contribution is -2.38. The zero-order valence-corrected chi connectivity index (χ0v) is 18.5. The van der Waals surface area contributed by atoms with Crippen molar-refractivity contribution >= 4 is 29.1 Å². The van der Waals surface area contributed by atoms with Crippen molar-refractivity contribution in [1.29, 1.82) is 0 Å². The summed E-state index contributed by atoms with van der Waals surface area (Å²) < 4.78 is 5.82. The molecule has 32 heavy (non-hydrogen) atoms. The van der Waals surface area contributed by atoms with E-state index in [2.05, 4.69) is 10.2 Å². The molecule has 0 spiro atoms. The summed E-state index contributed by atoms with van der Waals surface area (Å²) >= 11 is 5.94. The molecule has 1 aromatic heterocycles. The molecule has 1 saturated carbocycles. The summed E-state index contributed by atoms with van der Waals surface area (Å²) in [6, 6.07) is 15.1. The Hall–Kier alpha value is -3.19. The van der Waals surface area contributed by atoms with Crippen molar-refractivity contribution in [2.24, 2.45) is 5.92 Å². The standard InChI is InChI=1S/C24H23ClN4O3/c1-15-2-8-19(9-3-15)28-13-17(12-22(28)30)24(31)29(20-10-11-20)14-21-26-27-23(32-21)16-4-6-18(25)7-5-16/h2-9,17,20H,10-14H2,1H3. The number of hydrogen-bond acceptors (Lipinski definition) is 5. The van der Waals surface area contributed by atoms with Gasteiger partial charge in [0, 0.05) is 35.3 Å². The molecule has 164 valence electrons. The molecule has 2 amide bonds. The van der Waals surface area contributed by atoms with Crippen molar-refractivity contribution in [3.8, 4) is 11.5 Å². The van der Waals surface area contributed by atoms with Gasteiger partial charge in [-0.3, -0.25) is 9.59 Å². The number of rotatable bonds is 6. The molecular weight excluding hydrogens is 428 g/mol. The van der Waals surface area contributed by atoms with Crippen molar-refractivity contribution in [3.63, 3.8) is 0 Å². The van der Waals surface area contributed by atoms with Gasteiger partial charge in [-0.05, 0) is 56.2 Å². The van der Waals surface area contributed by atoms with E-state index >= 15 is 0 Å². The lowest BCUT2D eigenvalue weighted by Gasteiger charge is -2.24. The van der Waals surface area contributed by atoms with E-state index in [1.807, 2.05) is 43.3 Å². The molecule has 8 heteroatoms. The molecule has 1 aliphatic heterocycles. The van der Waals surface area contributed by atoms with Crippen LogP contribution in [-0.4, -0.2) is 39.5 Å². The van der Waals surface area contributed by atoms with Crippen LogP contribution >= 0.6 is 11.6 Å². The summed E-state index contributed by atoms with van der Waals surface area (Å²) in [5.41, 5.74) is 2.73. The van der Waals surface area contributed by atoms with Crippen LogP contribution in [0.1, 0.15) is 30.7 Å². The fraction of sp³-hybridized carbons (Fsp3) is 0.333. The number of aromatic nitrogens is 2. The van der Waals surface area contributed by atoms with Crippen LogP contribution in [0, 0.1) is 12.8 Å². The third-order valence-electron chi connectivity index (χ3n) is 5.95. The van der Waals surface area contributed by atoms with Crippen LogP contribution in [0.15, 0.2) is 52.9 Å². The maximum absolute atomic E-state index is 13.4. The van der Waals surface area contributed by atoms with Gasteiger partial charge in [0.2, 0.25) is 23.6 Å². The Labute approximate surface area is 191 Å². The Bertz CT molecular complexity index is 1140. The monoisotopic (exact) mass is 450 g/mol. The maximum Gasteiger partial charge on any atom is 0.247 e. The highest BCUT2D eigenvalue weighted by molar-refractivity contribution is 6.30. The van der Waals surface area contributed by atoms with Gasteiger partial charge in [-0.15, -0.1) is 10.2 Å². The lowest BCUT2D eigenvalue weighted by molar-refractivity contribution is -0.137. The Balaban J connectivity index is 1.29. The van der Waals surface area contributed by atoms with Crippen molar-refractivity contribution in [2.75, 3.05) is 11.4 Å². The predicted molar refractivity (Wildman–Crippen MR) is 120 cm³/mol. The molecule has 1 aliphatic carbocycles. The van der Waals surface area contributed by atoms with Gasteiger partial charge in [-0.2, -0.15) is 0 Å². The average molecular weight is 451 g/mol. The Morgan fingerprint density at radius 1 is 1.12 bits per heavy atom. The zero-order chi connectivity index (χ0) is 22.2. The number of hydrogen-bond donors (Lipinski definition) is 0. The van der Waals surface area contributed by atoms with Gasteiger partial charge in [-0.1, -0.05) is 29.3 Å². The molecular formula is C24H23ClN4O3. The van der Waals surface area contributed by atoms with Crippen molar-refractivity contribution in [2.45, 2.75) is 38.8 Å². The maximum atomic E-state index is 13.4. The third kappa shape index (κ3) is 4.25. The van der Waals surface area contributed by atoms with Gasteiger partial charge < -0.3 is 14.2 Å².